The average molecular weight is 649 g/mol. The fourth-order valence-corrected chi connectivity index (χ4v) is 12.5. The van der Waals surface area contributed by atoms with E-state index in [1.54, 1.807) is 0 Å². The molecule has 0 saturated carbocycles. The molecule has 0 amide bonds. The van der Waals surface area contributed by atoms with Gasteiger partial charge in [-0.15, -0.1) is 0 Å². The number of hydrogen-bond donors (Lipinski definition) is 0. The summed E-state index contributed by atoms with van der Waals surface area (Å²) < 4.78 is 0. The van der Waals surface area contributed by atoms with Crippen LogP contribution in [0.25, 0.3) is 33.0 Å². The van der Waals surface area contributed by atoms with Gasteiger partial charge in [0.05, 0.1) is 0 Å². The van der Waals surface area contributed by atoms with Crippen molar-refractivity contribution in [2.45, 2.75) is 0 Å². The third-order valence-corrected chi connectivity index (χ3v) is 14.0. The van der Waals surface area contributed by atoms with Crippen LogP contribution in [0, 0.1) is 0 Å². The minimum atomic E-state index is -0.988. The van der Waals surface area contributed by atoms with Gasteiger partial charge in [0.1, 0.15) is 0 Å². The molecule has 228 valence electrons. The van der Waals surface area contributed by atoms with Crippen LogP contribution in [-0.4, -0.2) is 0 Å². The molecule has 0 unspecified atom stereocenters. The normalized spacial score (nSPS) is 11.3. The van der Waals surface area contributed by atoms with Crippen LogP contribution in [0.5, 0.6) is 0 Å². The molecule has 0 heterocycles. The molecule has 0 aliphatic carbocycles. The maximum Gasteiger partial charge on any atom is 0.00237 e. The Balaban J connectivity index is 1.65. The van der Waals surface area contributed by atoms with E-state index in [0.717, 1.165) is 0 Å². The third-order valence-electron chi connectivity index (χ3n) is 8.79. The first-order chi connectivity index (χ1) is 23.9. The first-order valence-electron chi connectivity index (χ1n) is 16.4. The molecule has 8 aromatic carbocycles. The van der Waals surface area contributed by atoms with Gasteiger partial charge in [-0.05, 0) is 70.1 Å². The van der Waals surface area contributed by atoms with Crippen LogP contribution in [-0.2, 0) is 0 Å². The van der Waals surface area contributed by atoms with Crippen LogP contribution < -0.4 is 31.8 Å². The Morgan fingerprint density at radius 3 is 0.729 bits per heavy atom. The molecule has 0 nitrogen and oxygen atoms in total. The molecule has 0 aliphatic heterocycles. The van der Waals surface area contributed by atoms with Gasteiger partial charge in [-0.2, -0.15) is 0 Å². The van der Waals surface area contributed by atoms with Crippen molar-refractivity contribution in [2.24, 2.45) is 0 Å². The van der Waals surface area contributed by atoms with Gasteiger partial charge >= 0.3 is 0 Å². The molecular weight excluding hydrogens is 614 g/mol. The van der Waals surface area contributed by atoms with Crippen LogP contribution in [0.2, 0.25) is 0 Å². The second kappa shape index (κ2) is 13.9. The SMILES string of the molecule is c1ccc(-c2c(P(c3ccccc3)c3ccccc3)c(P(c3ccccc3)c3ccccc3)c(-c3ccccc3)c3ccccc23)cc1. The lowest BCUT2D eigenvalue weighted by Crippen LogP contribution is -2.37. The smallest absolute Gasteiger partial charge is 0.00237 e. The van der Waals surface area contributed by atoms with Crippen molar-refractivity contribution in [1.29, 1.82) is 0 Å². The van der Waals surface area contributed by atoms with Gasteiger partial charge in [0.15, 0.2) is 0 Å². The highest BCUT2D eigenvalue weighted by molar-refractivity contribution is 7.85. The van der Waals surface area contributed by atoms with Gasteiger partial charge in [0, 0.05) is 10.6 Å². The number of fused-ring (bicyclic) bond motifs is 1. The van der Waals surface area contributed by atoms with E-state index in [0.29, 0.717) is 0 Å². The molecule has 0 aliphatic rings. The standard InChI is InChI=1S/C46H34P2/c1-7-21-35(22-8-1)43-41-33-19-20-34-42(41)44(36-23-9-2-10-24-36)46(48(39-29-15-5-16-30-39)40-31-17-6-18-32-40)45(43)47(37-25-11-3-12-26-37)38-27-13-4-14-28-38/h1-34H. The largest absolute Gasteiger partial charge is 0.0622 e. The van der Waals surface area contributed by atoms with Crippen LogP contribution in [0.3, 0.4) is 0 Å². The lowest BCUT2D eigenvalue weighted by molar-refractivity contribution is 1.65. The van der Waals surface area contributed by atoms with E-state index in [4.69, 9.17) is 0 Å². The first-order valence-corrected chi connectivity index (χ1v) is 19.1. The summed E-state index contributed by atoms with van der Waals surface area (Å²) in [6, 6.07) is 76.1. The van der Waals surface area contributed by atoms with Gasteiger partial charge in [-0.3, -0.25) is 0 Å². The van der Waals surface area contributed by atoms with Crippen molar-refractivity contribution < 1.29 is 0 Å². The third kappa shape index (κ3) is 5.80. The van der Waals surface area contributed by atoms with Gasteiger partial charge in [-0.25, -0.2) is 0 Å². The minimum Gasteiger partial charge on any atom is -0.0622 e. The highest BCUT2D eigenvalue weighted by Crippen LogP contribution is 2.48. The molecule has 0 aromatic heterocycles. The minimum absolute atomic E-state index is 0.988. The van der Waals surface area contributed by atoms with Crippen molar-refractivity contribution in [3.05, 3.63) is 206 Å². The summed E-state index contributed by atoms with van der Waals surface area (Å²) in [4.78, 5) is 0. The summed E-state index contributed by atoms with van der Waals surface area (Å²) in [5, 5.41) is 10.8. The first kappa shape index (κ1) is 30.2. The fourth-order valence-electron chi connectivity index (χ4n) is 6.76. The summed E-state index contributed by atoms with van der Waals surface area (Å²) >= 11 is 0. The zero-order chi connectivity index (χ0) is 32.1. The second-order valence-corrected chi connectivity index (χ2v) is 16.0. The Morgan fingerprint density at radius 1 is 0.229 bits per heavy atom. The average Bonchev–Trinajstić information content (AvgIpc) is 3.17. The molecule has 8 rings (SSSR count). The summed E-state index contributed by atoms with van der Waals surface area (Å²) in [6.45, 7) is 0. The lowest BCUT2D eigenvalue weighted by atomic mass is 9.92. The molecule has 0 saturated heterocycles. The maximum absolute atomic E-state index is 2.34. The maximum atomic E-state index is 2.34. The summed E-state index contributed by atoms with van der Waals surface area (Å²) in [5.74, 6) is 0. The highest BCUT2D eigenvalue weighted by atomic mass is 31.1. The van der Waals surface area contributed by atoms with E-state index in [-0.39, 0.29) is 0 Å². The monoisotopic (exact) mass is 648 g/mol. The second-order valence-electron chi connectivity index (χ2n) is 11.7. The van der Waals surface area contributed by atoms with Crippen molar-refractivity contribution in [1.82, 2.24) is 0 Å². The van der Waals surface area contributed by atoms with Crippen molar-refractivity contribution in [2.75, 3.05) is 0 Å². The van der Waals surface area contributed by atoms with E-state index >= 15 is 0 Å². The molecule has 0 fully saturated rings. The summed E-state index contributed by atoms with van der Waals surface area (Å²) in [6.07, 6.45) is 0. The van der Waals surface area contributed by atoms with Crippen LogP contribution in [0.4, 0.5) is 0 Å². The number of benzene rings is 8. The fraction of sp³-hybridized carbons (Fsp3) is 0. The topological polar surface area (TPSA) is 0 Å². The molecule has 0 atom stereocenters. The van der Waals surface area contributed by atoms with E-state index in [2.05, 4.69) is 206 Å². The van der Waals surface area contributed by atoms with E-state index in [1.807, 2.05) is 0 Å². The quantitative estimate of drug-likeness (QED) is 0.144. The van der Waals surface area contributed by atoms with Crippen molar-refractivity contribution in [3.8, 4) is 22.3 Å². The van der Waals surface area contributed by atoms with E-state index in [9.17, 15) is 0 Å². The molecule has 2 heteroatoms. The van der Waals surface area contributed by atoms with Gasteiger partial charge in [0.25, 0.3) is 0 Å². The molecular formula is C46H34P2. The lowest BCUT2D eigenvalue weighted by Gasteiger charge is -2.33. The van der Waals surface area contributed by atoms with Gasteiger partial charge in [-0.1, -0.05) is 206 Å². The Kier molecular flexibility index (Phi) is 8.77. The number of rotatable bonds is 8. The summed E-state index contributed by atoms with van der Waals surface area (Å²) in [7, 11) is -1.98. The molecule has 0 N–H and O–H groups in total. The molecule has 0 spiro atoms. The Bertz CT molecular complexity index is 2010. The Hall–Kier alpha value is -5.12. The summed E-state index contributed by atoms with van der Waals surface area (Å²) in [5.41, 5.74) is 5.16. The van der Waals surface area contributed by atoms with E-state index < -0.39 is 15.8 Å². The molecule has 0 bridgehead atoms. The highest BCUT2D eigenvalue weighted by Gasteiger charge is 2.33. The zero-order valence-corrected chi connectivity index (χ0v) is 28.3. The van der Waals surface area contributed by atoms with Gasteiger partial charge < -0.3 is 0 Å². The molecule has 0 radical (unpaired) electrons. The van der Waals surface area contributed by atoms with Crippen molar-refractivity contribution >= 4 is 58.4 Å². The zero-order valence-electron chi connectivity index (χ0n) is 26.5. The van der Waals surface area contributed by atoms with Crippen LogP contribution in [0.15, 0.2) is 206 Å². The Morgan fingerprint density at radius 2 is 0.458 bits per heavy atom. The predicted octanol–water partition coefficient (Wildman–Crippen LogP) is 9.69. The molecule has 48 heavy (non-hydrogen) atoms. The molecule has 8 aromatic rings. The van der Waals surface area contributed by atoms with E-state index in [1.165, 1.54) is 64.9 Å². The number of hydrogen-bond acceptors (Lipinski definition) is 0. The predicted molar refractivity (Wildman–Crippen MR) is 212 cm³/mol. The van der Waals surface area contributed by atoms with Crippen molar-refractivity contribution in [3.63, 3.8) is 0 Å². The van der Waals surface area contributed by atoms with Gasteiger partial charge in [0.2, 0.25) is 0 Å². The Labute approximate surface area is 285 Å². The van der Waals surface area contributed by atoms with Crippen LogP contribution >= 0.6 is 15.8 Å². The van der Waals surface area contributed by atoms with Crippen LogP contribution in [0.1, 0.15) is 0 Å².